The maximum atomic E-state index is 5.00. The van der Waals surface area contributed by atoms with Crippen molar-refractivity contribution in [2.75, 3.05) is 20.3 Å². The number of aromatic nitrogens is 3. The molecule has 0 radical (unpaired) electrons. The monoisotopic (exact) mass is 292 g/mol. The molecule has 0 aliphatic carbocycles. The van der Waals surface area contributed by atoms with E-state index < -0.39 is 0 Å². The van der Waals surface area contributed by atoms with Crippen LogP contribution in [0.2, 0.25) is 0 Å². The van der Waals surface area contributed by atoms with Crippen LogP contribution in [0.3, 0.4) is 0 Å². The molecule has 0 unspecified atom stereocenters. The molecule has 0 atom stereocenters. The number of benzene rings is 1. The molecule has 2 aromatic rings. The Morgan fingerprint density at radius 3 is 2.75 bits per heavy atom. The number of methoxy groups -OCH3 is 1. The predicted molar refractivity (Wildman–Crippen MR) is 80.6 cm³/mol. The van der Waals surface area contributed by atoms with Gasteiger partial charge < -0.3 is 10.1 Å². The van der Waals surface area contributed by atoms with Crippen molar-refractivity contribution in [2.24, 2.45) is 7.05 Å². The third-order valence-corrected chi connectivity index (χ3v) is 3.92. The Kier molecular flexibility index (Phi) is 6.04. The van der Waals surface area contributed by atoms with E-state index in [2.05, 4.69) is 39.7 Å². The minimum Gasteiger partial charge on any atom is -0.383 e. The number of aryl methyl sites for hydroxylation is 1. The average molecular weight is 292 g/mol. The molecule has 5 nitrogen and oxygen atoms in total. The third kappa shape index (κ3) is 4.63. The molecule has 0 fully saturated rings. The van der Waals surface area contributed by atoms with Crippen molar-refractivity contribution in [3.8, 4) is 0 Å². The molecule has 0 aliphatic heterocycles. The minimum absolute atomic E-state index is 0.742. The van der Waals surface area contributed by atoms with E-state index in [1.807, 2.05) is 7.05 Å². The Morgan fingerprint density at radius 2 is 2.10 bits per heavy atom. The van der Waals surface area contributed by atoms with Gasteiger partial charge in [0.1, 0.15) is 12.2 Å². The van der Waals surface area contributed by atoms with Crippen LogP contribution in [0.25, 0.3) is 0 Å². The zero-order valence-corrected chi connectivity index (χ0v) is 12.7. The Labute approximate surface area is 123 Å². The number of hydrogen-bond acceptors (Lipinski definition) is 5. The lowest BCUT2D eigenvalue weighted by Gasteiger charge is -2.06. The summed E-state index contributed by atoms with van der Waals surface area (Å²) in [6.45, 7) is 2.49. The molecule has 0 saturated carbocycles. The maximum Gasteiger partial charge on any atom is 0.138 e. The SMILES string of the molecule is COCCNCc1ccc(SCc2ncnn2C)cc1. The molecule has 108 valence electrons. The fourth-order valence-corrected chi connectivity index (χ4v) is 2.59. The van der Waals surface area contributed by atoms with E-state index in [0.717, 1.165) is 31.3 Å². The lowest BCUT2D eigenvalue weighted by molar-refractivity contribution is 0.199. The molecule has 0 bridgehead atoms. The van der Waals surface area contributed by atoms with E-state index in [1.165, 1.54) is 10.5 Å². The second-order valence-corrected chi connectivity index (χ2v) is 5.45. The zero-order valence-electron chi connectivity index (χ0n) is 11.9. The Bertz CT molecular complexity index is 512. The molecule has 0 spiro atoms. The summed E-state index contributed by atoms with van der Waals surface area (Å²) in [7, 11) is 3.63. The normalized spacial score (nSPS) is 10.9. The molecule has 1 N–H and O–H groups in total. The van der Waals surface area contributed by atoms with E-state index in [9.17, 15) is 0 Å². The molecule has 0 aliphatic rings. The van der Waals surface area contributed by atoms with Gasteiger partial charge in [0.25, 0.3) is 0 Å². The largest absolute Gasteiger partial charge is 0.383 e. The number of rotatable bonds is 8. The highest BCUT2D eigenvalue weighted by Gasteiger charge is 2.02. The van der Waals surface area contributed by atoms with Crippen LogP contribution in [0.5, 0.6) is 0 Å². The van der Waals surface area contributed by atoms with Gasteiger partial charge in [0.2, 0.25) is 0 Å². The van der Waals surface area contributed by atoms with E-state index in [4.69, 9.17) is 4.74 Å². The fraction of sp³-hybridized carbons (Fsp3) is 0.429. The number of nitrogens with zero attached hydrogens (tertiary/aromatic N) is 3. The molecular formula is C14H20N4OS. The fourth-order valence-electron chi connectivity index (χ4n) is 1.71. The van der Waals surface area contributed by atoms with Crippen molar-refractivity contribution >= 4 is 11.8 Å². The van der Waals surface area contributed by atoms with Crippen LogP contribution < -0.4 is 5.32 Å². The van der Waals surface area contributed by atoms with Crippen LogP contribution in [0.15, 0.2) is 35.5 Å². The zero-order chi connectivity index (χ0) is 14.2. The van der Waals surface area contributed by atoms with Crippen LogP contribution in [0.1, 0.15) is 11.4 Å². The second-order valence-electron chi connectivity index (χ2n) is 4.40. The van der Waals surface area contributed by atoms with Crippen molar-refractivity contribution in [2.45, 2.75) is 17.2 Å². The summed E-state index contributed by atoms with van der Waals surface area (Å²) in [5.41, 5.74) is 1.28. The lowest BCUT2D eigenvalue weighted by Crippen LogP contribution is -2.18. The smallest absolute Gasteiger partial charge is 0.138 e. The topological polar surface area (TPSA) is 52.0 Å². The van der Waals surface area contributed by atoms with Gasteiger partial charge >= 0.3 is 0 Å². The van der Waals surface area contributed by atoms with Crippen LogP contribution >= 0.6 is 11.8 Å². The molecule has 0 saturated heterocycles. The van der Waals surface area contributed by atoms with Gasteiger partial charge in [0, 0.05) is 32.1 Å². The van der Waals surface area contributed by atoms with Gasteiger partial charge in [0.15, 0.2) is 0 Å². The van der Waals surface area contributed by atoms with Gasteiger partial charge in [-0.25, -0.2) is 4.98 Å². The molecular weight excluding hydrogens is 272 g/mol. The second kappa shape index (κ2) is 8.04. The summed E-state index contributed by atoms with van der Waals surface area (Å²) >= 11 is 1.77. The molecule has 20 heavy (non-hydrogen) atoms. The highest BCUT2D eigenvalue weighted by molar-refractivity contribution is 7.98. The molecule has 1 aromatic heterocycles. The van der Waals surface area contributed by atoms with Gasteiger partial charge in [-0.3, -0.25) is 4.68 Å². The third-order valence-electron chi connectivity index (χ3n) is 2.91. The first kappa shape index (κ1) is 15.0. The molecule has 6 heteroatoms. The van der Waals surface area contributed by atoms with Gasteiger partial charge in [-0.15, -0.1) is 11.8 Å². The van der Waals surface area contributed by atoms with Crippen molar-refractivity contribution < 1.29 is 4.74 Å². The molecule has 1 heterocycles. The quantitative estimate of drug-likeness (QED) is 0.594. The summed E-state index contributed by atoms with van der Waals surface area (Å²) in [5, 5.41) is 7.40. The number of ether oxygens (including phenoxy) is 1. The predicted octanol–water partition coefficient (Wildman–Crippen LogP) is 1.84. The van der Waals surface area contributed by atoms with Crippen molar-refractivity contribution in [1.29, 1.82) is 0 Å². The van der Waals surface area contributed by atoms with Gasteiger partial charge in [-0.1, -0.05) is 12.1 Å². The van der Waals surface area contributed by atoms with E-state index in [1.54, 1.807) is 29.9 Å². The molecule has 0 amide bonds. The summed E-state index contributed by atoms with van der Waals surface area (Å²) < 4.78 is 6.80. The summed E-state index contributed by atoms with van der Waals surface area (Å²) in [4.78, 5) is 5.46. The van der Waals surface area contributed by atoms with Crippen LogP contribution in [0.4, 0.5) is 0 Å². The summed E-state index contributed by atoms with van der Waals surface area (Å²) in [6, 6.07) is 8.60. The average Bonchev–Trinajstić information content (AvgIpc) is 2.88. The van der Waals surface area contributed by atoms with E-state index in [-0.39, 0.29) is 0 Å². The van der Waals surface area contributed by atoms with Crippen molar-refractivity contribution in [1.82, 2.24) is 20.1 Å². The Morgan fingerprint density at radius 1 is 1.30 bits per heavy atom. The first-order valence-electron chi connectivity index (χ1n) is 6.54. The van der Waals surface area contributed by atoms with Gasteiger partial charge in [-0.2, -0.15) is 5.10 Å². The standard InChI is InChI=1S/C14H20N4OS/c1-18-14(16-11-17-18)10-20-13-5-3-12(4-6-13)9-15-7-8-19-2/h3-6,11,15H,7-10H2,1-2H3. The lowest BCUT2D eigenvalue weighted by atomic mass is 10.2. The number of hydrogen-bond donors (Lipinski definition) is 1. The van der Waals surface area contributed by atoms with Crippen LogP contribution in [0, 0.1) is 0 Å². The van der Waals surface area contributed by atoms with Crippen LogP contribution in [-0.4, -0.2) is 35.0 Å². The van der Waals surface area contributed by atoms with E-state index in [0.29, 0.717) is 0 Å². The summed E-state index contributed by atoms with van der Waals surface area (Å²) in [5.74, 6) is 1.82. The highest BCUT2D eigenvalue weighted by atomic mass is 32.2. The minimum atomic E-state index is 0.742. The van der Waals surface area contributed by atoms with E-state index >= 15 is 0 Å². The Balaban J connectivity index is 1.78. The highest BCUT2D eigenvalue weighted by Crippen LogP contribution is 2.21. The number of thioether (sulfide) groups is 1. The van der Waals surface area contributed by atoms with Crippen molar-refractivity contribution in [3.63, 3.8) is 0 Å². The van der Waals surface area contributed by atoms with Gasteiger partial charge in [0.05, 0.1) is 12.4 Å². The first-order chi connectivity index (χ1) is 9.79. The first-order valence-corrected chi connectivity index (χ1v) is 7.52. The molecule has 1 aromatic carbocycles. The number of nitrogens with one attached hydrogen (secondary N) is 1. The van der Waals surface area contributed by atoms with Crippen LogP contribution in [-0.2, 0) is 24.1 Å². The maximum absolute atomic E-state index is 5.00. The molecule has 2 rings (SSSR count). The van der Waals surface area contributed by atoms with Gasteiger partial charge in [-0.05, 0) is 17.7 Å². The Hall–Kier alpha value is -1.37. The summed E-state index contributed by atoms with van der Waals surface area (Å²) in [6.07, 6.45) is 1.59. The van der Waals surface area contributed by atoms with Crippen molar-refractivity contribution in [3.05, 3.63) is 42.0 Å².